The van der Waals surface area contributed by atoms with E-state index in [0.29, 0.717) is 12.8 Å². The molecule has 0 saturated carbocycles. The normalized spacial score (nSPS) is 13.9. The van der Waals surface area contributed by atoms with Gasteiger partial charge in [0.1, 0.15) is 9.84 Å². The predicted molar refractivity (Wildman–Crippen MR) is 72.6 cm³/mol. The fraction of sp³-hybridized carbons (Fsp3) is 0.833. The first-order valence-electron chi connectivity index (χ1n) is 6.26. The van der Waals surface area contributed by atoms with E-state index in [1.165, 1.54) is 0 Å². The first-order valence-corrected chi connectivity index (χ1v) is 8.33. The third kappa shape index (κ3) is 6.04. The fourth-order valence-electron chi connectivity index (χ4n) is 2.01. The highest BCUT2D eigenvalue weighted by atomic mass is 32.2. The van der Waals surface area contributed by atoms with E-state index in [9.17, 15) is 23.1 Å². The average Bonchev–Trinajstić information content (AvgIpc) is 2.22. The van der Waals surface area contributed by atoms with Gasteiger partial charge in [0.15, 0.2) is 0 Å². The molecule has 0 saturated heterocycles. The Balaban J connectivity index is 4.64. The van der Waals surface area contributed by atoms with Gasteiger partial charge in [-0.15, -0.1) is 0 Å². The molecule has 0 fully saturated rings. The molecule has 0 aliphatic rings. The molecule has 1 atom stereocenters. The number of sulfone groups is 1. The first kappa shape index (κ1) is 17.9. The molecule has 19 heavy (non-hydrogen) atoms. The second kappa shape index (κ2) is 6.88. The summed E-state index contributed by atoms with van der Waals surface area (Å²) in [5.74, 6) is -1.58. The van der Waals surface area contributed by atoms with Crippen LogP contribution in [-0.4, -0.2) is 43.5 Å². The fourth-order valence-corrected chi connectivity index (χ4v) is 3.00. The number of amides is 1. The monoisotopic (exact) mass is 293 g/mol. The van der Waals surface area contributed by atoms with E-state index in [0.717, 1.165) is 6.26 Å². The van der Waals surface area contributed by atoms with Crippen LogP contribution in [0.1, 0.15) is 40.0 Å². The maximum Gasteiger partial charge on any atom is 0.310 e. The summed E-state index contributed by atoms with van der Waals surface area (Å²) in [6.45, 7) is 5.04. The van der Waals surface area contributed by atoms with Crippen LogP contribution in [0.15, 0.2) is 0 Å². The Morgan fingerprint density at radius 2 is 1.74 bits per heavy atom. The Kier molecular flexibility index (Phi) is 6.48. The number of carboxylic acids is 1. The van der Waals surface area contributed by atoms with Crippen molar-refractivity contribution in [1.82, 2.24) is 5.32 Å². The number of hydrogen-bond donors (Lipinski definition) is 2. The number of nitrogens with one attached hydrogen (secondary N) is 1. The summed E-state index contributed by atoms with van der Waals surface area (Å²) in [5.41, 5.74) is -1.07. The summed E-state index contributed by atoms with van der Waals surface area (Å²) in [6.07, 6.45) is 1.66. The first-order chi connectivity index (χ1) is 8.56. The molecule has 0 aliphatic heterocycles. The van der Waals surface area contributed by atoms with Gasteiger partial charge in [0, 0.05) is 18.7 Å². The Morgan fingerprint density at radius 1 is 1.26 bits per heavy atom. The molecule has 7 heteroatoms. The lowest BCUT2D eigenvalue weighted by atomic mass is 9.79. The number of aliphatic carboxylic acids is 1. The van der Waals surface area contributed by atoms with Crippen LogP contribution in [0, 0.1) is 5.41 Å². The van der Waals surface area contributed by atoms with E-state index >= 15 is 0 Å². The van der Waals surface area contributed by atoms with E-state index < -0.39 is 33.2 Å². The highest BCUT2D eigenvalue weighted by Gasteiger charge is 2.37. The summed E-state index contributed by atoms with van der Waals surface area (Å²) < 4.78 is 22.2. The molecule has 0 heterocycles. The minimum Gasteiger partial charge on any atom is -0.481 e. The Labute approximate surface area is 114 Å². The van der Waals surface area contributed by atoms with Gasteiger partial charge in [-0.2, -0.15) is 0 Å². The van der Waals surface area contributed by atoms with Gasteiger partial charge in [0.05, 0.1) is 11.2 Å². The zero-order chi connectivity index (χ0) is 15.3. The van der Waals surface area contributed by atoms with Crippen molar-refractivity contribution < 1.29 is 23.1 Å². The molecular weight excluding hydrogens is 270 g/mol. The number of carbonyl (C=O) groups excluding carboxylic acids is 1. The van der Waals surface area contributed by atoms with E-state index in [2.05, 4.69) is 5.32 Å². The molecule has 0 aromatic heterocycles. The molecule has 2 N–H and O–H groups in total. The topological polar surface area (TPSA) is 101 Å². The molecule has 0 spiro atoms. The van der Waals surface area contributed by atoms with Crippen LogP contribution in [0.25, 0.3) is 0 Å². The maximum atomic E-state index is 11.8. The second-order valence-electron chi connectivity index (χ2n) is 5.03. The SMILES string of the molecule is CCC(CC)(CC(=O)NC(C)CS(C)(=O)=O)C(=O)O. The third-order valence-corrected chi connectivity index (χ3v) is 4.37. The van der Waals surface area contributed by atoms with Crippen molar-refractivity contribution in [3.05, 3.63) is 0 Å². The Morgan fingerprint density at radius 3 is 2.05 bits per heavy atom. The molecule has 0 bridgehead atoms. The molecule has 1 unspecified atom stereocenters. The van der Waals surface area contributed by atoms with Gasteiger partial charge in [0.25, 0.3) is 0 Å². The van der Waals surface area contributed by atoms with Gasteiger partial charge in [-0.1, -0.05) is 13.8 Å². The molecule has 6 nitrogen and oxygen atoms in total. The molecule has 112 valence electrons. The van der Waals surface area contributed by atoms with Gasteiger partial charge in [-0.05, 0) is 19.8 Å². The lowest BCUT2D eigenvalue weighted by Crippen LogP contribution is -2.42. The standard InChI is InChI=1S/C12H23NO5S/c1-5-12(6-2,11(15)16)7-10(14)13-9(3)8-19(4,17)18/h9H,5-8H2,1-4H3,(H,13,14)(H,15,16). The molecule has 0 radical (unpaired) electrons. The Hall–Kier alpha value is -1.11. The van der Waals surface area contributed by atoms with Gasteiger partial charge < -0.3 is 10.4 Å². The molecule has 0 aliphatic carbocycles. The van der Waals surface area contributed by atoms with Crippen molar-refractivity contribution in [3.63, 3.8) is 0 Å². The van der Waals surface area contributed by atoms with E-state index in [-0.39, 0.29) is 12.2 Å². The maximum absolute atomic E-state index is 11.8. The minimum absolute atomic E-state index is 0.135. The van der Waals surface area contributed by atoms with Crippen LogP contribution < -0.4 is 5.32 Å². The summed E-state index contributed by atoms with van der Waals surface area (Å²) in [5, 5.41) is 11.8. The van der Waals surface area contributed by atoms with Crippen molar-refractivity contribution >= 4 is 21.7 Å². The Bertz CT molecular complexity index is 425. The van der Waals surface area contributed by atoms with Gasteiger partial charge in [-0.25, -0.2) is 8.42 Å². The largest absolute Gasteiger partial charge is 0.481 e. The van der Waals surface area contributed by atoms with Crippen LogP contribution in [0.2, 0.25) is 0 Å². The minimum atomic E-state index is -3.17. The van der Waals surface area contributed by atoms with Crippen LogP contribution in [-0.2, 0) is 19.4 Å². The number of hydrogen-bond acceptors (Lipinski definition) is 4. The summed E-state index contributed by atoms with van der Waals surface area (Å²) in [4.78, 5) is 23.1. The number of rotatable bonds is 8. The van der Waals surface area contributed by atoms with Crippen molar-refractivity contribution in [2.75, 3.05) is 12.0 Å². The van der Waals surface area contributed by atoms with Crippen molar-refractivity contribution in [1.29, 1.82) is 0 Å². The summed E-state index contributed by atoms with van der Waals surface area (Å²) in [6, 6.07) is -0.525. The zero-order valence-corrected chi connectivity index (χ0v) is 12.7. The zero-order valence-electron chi connectivity index (χ0n) is 11.9. The van der Waals surface area contributed by atoms with Gasteiger partial charge >= 0.3 is 5.97 Å². The lowest BCUT2D eigenvalue weighted by Gasteiger charge is -2.26. The molecule has 0 aromatic carbocycles. The molecular formula is C12H23NO5S. The molecule has 0 rings (SSSR count). The summed E-state index contributed by atoms with van der Waals surface area (Å²) in [7, 11) is -3.17. The third-order valence-electron chi connectivity index (χ3n) is 3.27. The van der Waals surface area contributed by atoms with E-state index in [4.69, 9.17) is 0 Å². The smallest absolute Gasteiger partial charge is 0.310 e. The molecule has 1 amide bonds. The van der Waals surface area contributed by atoms with Gasteiger partial charge in [0.2, 0.25) is 5.91 Å². The van der Waals surface area contributed by atoms with Crippen LogP contribution in [0.5, 0.6) is 0 Å². The molecule has 0 aromatic rings. The second-order valence-corrected chi connectivity index (χ2v) is 7.22. The number of carbonyl (C=O) groups is 2. The average molecular weight is 293 g/mol. The van der Waals surface area contributed by atoms with E-state index in [1.807, 2.05) is 0 Å². The van der Waals surface area contributed by atoms with Crippen molar-refractivity contribution in [2.24, 2.45) is 5.41 Å². The van der Waals surface area contributed by atoms with Crippen LogP contribution >= 0.6 is 0 Å². The number of carboxylic acid groups (broad SMARTS) is 1. The predicted octanol–water partition coefficient (Wildman–Crippen LogP) is 0.817. The summed E-state index contributed by atoms with van der Waals surface area (Å²) >= 11 is 0. The van der Waals surface area contributed by atoms with Crippen LogP contribution in [0.4, 0.5) is 0 Å². The van der Waals surface area contributed by atoms with E-state index in [1.54, 1.807) is 20.8 Å². The van der Waals surface area contributed by atoms with Crippen molar-refractivity contribution in [3.8, 4) is 0 Å². The highest BCUT2D eigenvalue weighted by molar-refractivity contribution is 7.90. The highest BCUT2D eigenvalue weighted by Crippen LogP contribution is 2.30. The van der Waals surface area contributed by atoms with Crippen molar-refractivity contribution in [2.45, 2.75) is 46.1 Å². The van der Waals surface area contributed by atoms with Crippen LogP contribution in [0.3, 0.4) is 0 Å². The van der Waals surface area contributed by atoms with Gasteiger partial charge in [-0.3, -0.25) is 9.59 Å². The lowest BCUT2D eigenvalue weighted by molar-refractivity contribution is -0.152. The quantitative estimate of drug-likeness (QED) is 0.690.